The molecule has 0 saturated carbocycles. The van der Waals surface area contributed by atoms with Crippen LogP contribution in [0.4, 0.5) is 15.1 Å². The summed E-state index contributed by atoms with van der Waals surface area (Å²) in [5, 5.41) is 12.0. The lowest BCUT2D eigenvalue weighted by atomic mass is 9.96. The van der Waals surface area contributed by atoms with Gasteiger partial charge < -0.3 is 10.0 Å². The minimum atomic E-state index is -4.18. The second kappa shape index (κ2) is 10.7. The number of carbonyl (C=O) groups is 1. The maximum absolute atomic E-state index is 14.8. The van der Waals surface area contributed by atoms with Crippen molar-refractivity contribution in [2.45, 2.75) is 24.7 Å². The molecular weight excluding hydrogens is 574 g/mol. The Hall–Kier alpha value is -4.46. The third-order valence-corrected chi connectivity index (χ3v) is 10.3. The molecule has 7 nitrogen and oxygen atoms in total. The Morgan fingerprint density at radius 2 is 1.79 bits per heavy atom. The van der Waals surface area contributed by atoms with Gasteiger partial charge in [-0.05, 0) is 67.6 Å². The average molecular weight is 600 g/mol. The zero-order valence-electron chi connectivity index (χ0n) is 22.6. The van der Waals surface area contributed by atoms with E-state index < -0.39 is 27.7 Å². The van der Waals surface area contributed by atoms with E-state index in [-0.39, 0.29) is 4.90 Å². The monoisotopic (exact) mass is 599 g/mol. The van der Waals surface area contributed by atoms with Gasteiger partial charge in [0.25, 0.3) is 10.0 Å². The SMILES string of the molecule is [C-]#[N+]c1sccc1-c1c(-c2cccc(N3CCC(C(=O)O)CC3)c2)n(S(=O)(=O)c2ccc(C)cc2)c2ccc(F)cc12. The number of hydrogen-bond donors (Lipinski definition) is 1. The summed E-state index contributed by atoms with van der Waals surface area (Å²) in [5.41, 5.74) is 3.96. The maximum atomic E-state index is 14.8. The van der Waals surface area contributed by atoms with Gasteiger partial charge in [0.2, 0.25) is 5.00 Å². The number of carboxylic acids is 1. The van der Waals surface area contributed by atoms with E-state index in [2.05, 4.69) is 9.74 Å². The number of halogens is 1. The first-order valence-corrected chi connectivity index (χ1v) is 15.7. The van der Waals surface area contributed by atoms with E-state index in [0.29, 0.717) is 64.2 Å². The third-order valence-electron chi connectivity index (χ3n) is 7.79. The highest BCUT2D eigenvalue weighted by Gasteiger charge is 2.31. The van der Waals surface area contributed by atoms with Crippen LogP contribution in [-0.4, -0.2) is 36.6 Å². The zero-order valence-corrected chi connectivity index (χ0v) is 24.3. The summed E-state index contributed by atoms with van der Waals surface area (Å²) in [6.07, 6.45) is 1.02. The van der Waals surface area contributed by atoms with Crippen LogP contribution in [0.1, 0.15) is 18.4 Å². The van der Waals surface area contributed by atoms with Crippen molar-refractivity contribution in [3.05, 3.63) is 101 Å². The zero-order chi connectivity index (χ0) is 29.6. The Morgan fingerprint density at radius 1 is 1.05 bits per heavy atom. The van der Waals surface area contributed by atoms with Crippen molar-refractivity contribution in [1.29, 1.82) is 0 Å². The molecule has 0 spiro atoms. The van der Waals surface area contributed by atoms with Gasteiger partial charge in [-0.2, -0.15) is 11.3 Å². The summed E-state index contributed by atoms with van der Waals surface area (Å²) in [4.78, 5) is 17.4. The van der Waals surface area contributed by atoms with Crippen LogP contribution < -0.4 is 4.90 Å². The van der Waals surface area contributed by atoms with Gasteiger partial charge in [-0.3, -0.25) is 4.79 Å². The molecule has 0 aliphatic carbocycles. The Bertz CT molecular complexity index is 1980. The topological polar surface area (TPSA) is 84.0 Å². The summed E-state index contributed by atoms with van der Waals surface area (Å²) in [6.45, 7) is 10.7. The third kappa shape index (κ3) is 4.74. The number of nitrogens with zero attached hydrogens (tertiary/aromatic N) is 3. The number of fused-ring (bicyclic) bond motifs is 1. The number of anilines is 1. The fourth-order valence-corrected chi connectivity index (χ4v) is 7.88. The summed E-state index contributed by atoms with van der Waals surface area (Å²) in [6, 6.07) is 19.8. The molecule has 42 heavy (non-hydrogen) atoms. The van der Waals surface area contributed by atoms with Crippen molar-refractivity contribution in [1.82, 2.24) is 3.97 Å². The maximum Gasteiger partial charge on any atom is 0.306 e. The number of hydrogen-bond acceptors (Lipinski definition) is 5. The van der Waals surface area contributed by atoms with Gasteiger partial charge in [0, 0.05) is 40.9 Å². The van der Waals surface area contributed by atoms with Gasteiger partial charge >= 0.3 is 5.97 Å². The molecule has 10 heteroatoms. The van der Waals surface area contributed by atoms with Crippen LogP contribution in [0.25, 0.3) is 38.1 Å². The van der Waals surface area contributed by atoms with E-state index in [1.807, 2.05) is 31.2 Å². The van der Waals surface area contributed by atoms with Crippen molar-refractivity contribution >= 4 is 48.9 Å². The Kier molecular flexibility index (Phi) is 7.09. The molecule has 1 fully saturated rings. The van der Waals surface area contributed by atoms with E-state index in [1.54, 1.807) is 35.7 Å². The van der Waals surface area contributed by atoms with Crippen LogP contribution in [0, 0.1) is 25.2 Å². The molecule has 3 heterocycles. The highest BCUT2D eigenvalue weighted by Crippen LogP contribution is 2.48. The van der Waals surface area contributed by atoms with Crippen molar-refractivity contribution in [3.8, 4) is 22.4 Å². The van der Waals surface area contributed by atoms with Gasteiger partial charge in [-0.15, -0.1) is 0 Å². The Morgan fingerprint density at radius 3 is 2.48 bits per heavy atom. The second-order valence-corrected chi connectivity index (χ2v) is 13.0. The lowest BCUT2D eigenvalue weighted by molar-refractivity contribution is -0.142. The molecule has 2 aromatic heterocycles. The van der Waals surface area contributed by atoms with Gasteiger partial charge in [0.05, 0.1) is 28.6 Å². The number of benzene rings is 3. The molecule has 1 aliphatic heterocycles. The lowest BCUT2D eigenvalue weighted by Crippen LogP contribution is -2.36. The predicted octanol–water partition coefficient (Wildman–Crippen LogP) is 7.57. The van der Waals surface area contributed by atoms with Gasteiger partial charge in [0.15, 0.2) is 0 Å². The number of carboxylic acid groups (broad SMARTS) is 1. The van der Waals surface area contributed by atoms with Crippen molar-refractivity contribution in [3.63, 3.8) is 0 Å². The van der Waals surface area contributed by atoms with Crippen LogP contribution in [0.3, 0.4) is 0 Å². The first-order valence-electron chi connectivity index (χ1n) is 13.4. The quantitative estimate of drug-likeness (QED) is 0.204. The molecule has 1 N–H and O–H groups in total. The predicted molar refractivity (Wildman–Crippen MR) is 163 cm³/mol. The molecule has 0 bridgehead atoms. The number of aryl methyl sites for hydroxylation is 1. The fraction of sp³-hybridized carbons (Fsp3) is 0.188. The number of aromatic nitrogens is 1. The summed E-state index contributed by atoms with van der Waals surface area (Å²) < 4.78 is 44.9. The van der Waals surface area contributed by atoms with E-state index in [0.717, 1.165) is 11.3 Å². The van der Waals surface area contributed by atoms with E-state index in [9.17, 15) is 22.7 Å². The summed E-state index contributed by atoms with van der Waals surface area (Å²) >= 11 is 1.24. The molecule has 1 saturated heterocycles. The molecule has 1 aliphatic rings. The van der Waals surface area contributed by atoms with Gasteiger partial charge in [-0.25, -0.2) is 21.6 Å². The smallest absolute Gasteiger partial charge is 0.306 e. The first kappa shape index (κ1) is 27.7. The largest absolute Gasteiger partial charge is 0.481 e. The van der Waals surface area contributed by atoms with Crippen LogP contribution >= 0.6 is 11.3 Å². The van der Waals surface area contributed by atoms with Crippen LogP contribution in [0.15, 0.2) is 83.1 Å². The molecule has 3 aromatic carbocycles. The van der Waals surface area contributed by atoms with Gasteiger partial charge in [-0.1, -0.05) is 35.9 Å². The molecule has 6 rings (SSSR count). The molecule has 5 aromatic rings. The number of piperidine rings is 1. The minimum Gasteiger partial charge on any atom is -0.481 e. The Balaban J connectivity index is 1.64. The van der Waals surface area contributed by atoms with E-state index in [1.165, 1.54) is 33.5 Å². The summed E-state index contributed by atoms with van der Waals surface area (Å²) in [5.74, 6) is -1.70. The standard InChI is InChI=1S/C32H26FN3O4S2/c1-20-6-9-25(10-7-20)42(39,40)36-28-11-8-23(33)19-27(28)29(26-14-17-41-31(26)34-2)30(36)22-4-3-5-24(18-22)35-15-12-21(13-16-35)32(37)38/h3-11,14,17-19,21H,12-13,15-16H2,1H3,(H,37,38). The van der Waals surface area contributed by atoms with Crippen molar-refractivity contribution in [2.75, 3.05) is 18.0 Å². The molecule has 0 atom stereocenters. The van der Waals surface area contributed by atoms with Crippen LogP contribution in [-0.2, 0) is 14.8 Å². The fourth-order valence-electron chi connectivity index (χ4n) is 5.65. The van der Waals surface area contributed by atoms with E-state index in [4.69, 9.17) is 6.57 Å². The second-order valence-electron chi connectivity index (χ2n) is 10.4. The first-order chi connectivity index (χ1) is 20.2. The molecule has 0 amide bonds. The van der Waals surface area contributed by atoms with Gasteiger partial charge in [0.1, 0.15) is 5.82 Å². The average Bonchev–Trinajstić information content (AvgIpc) is 3.59. The number of thiophene rings is 1. The van der Waals surface area contributed by atoms with E-state index >= 15 is 0 Å². The normalized spacial score (nSPS) is 14.3. The Labute approximate surface area is 247 Å². The minimum absolute atomic E-state index is 0.0877. The molecule has 0 unspecified atom stereocenters. The lowest BCUT2D eigenvalue weighted by Gasteiger charge is -2.32. The highest BCUT2D eigenvalue weighted by molar-refractivity contribution is 7.90. The van der Waals surface area contributed by atoms with Crippen LogP contribution in [0.2, 0.25) is 0 Å². The van der Waals surface area contributed by atoms with Crippen LogP contribution in [0.5, 0.6) is 0 Å². The summed E-state index contributed by atoms with van der Waals surface area (Å²) in [7, 11) is -4.18. The molecule has 212 valence electrons. The number of aliphatic carboxylic acids is 1. The molecule has 0 radical (unpaired) electrons. The number of rotatable bonds is 6. The highest BCUT2D eigenvalue weighted by atomic mass is 32.2. The van der Waals surface area contributed by atoms with Crippen molar-refractivity contribution in [2.24, 2.45) is 5.92 Å². The molecular formula is C32H26FN3O4S2. The van der Waals surface area contributed by atoms with Crippen molar-refractivity contribution < 1.29 is 22.7 Å².